The first kappa shape index (κ1) is 13.6. The van der Waals surface area contributed by atoms with Gasteiger partial charge in [0.05, 0.1) is 0 Å². The van der Waals surface area contributed by atoms with Crippen LogP contribution in [-0.2, 0) is 32.3 Å². The molecule has 0 aromatic heterocycles. The summed E-state index contributed by atoms with van der Waals surface area (Å²) < 4.78 is 0. The maximum Gasteiger partial charge on any atom is 0.119 e. The second-order valence-corrected chi connectivity index (χ2v) is 3.41. The summed E-state index contributed by atoms with van der Waals surface area (Å²) in [6.45, 7) is 4.31. The van der Waals surface area contributed by atoms with Crippen LogP contribution in [0.15, 0.2) is 18.2 Å². The van der Waals surface area contributed by atoms with E-state index in [1.807, 2.05) is 6.07 Å². The smallest absolute Gasteiger partial charge is 0.119 e. The van der Waals surface area contributed by atoms with Crippen molar-refractivity contribution in [3.05, 3.63) is 29.3 Å². The van der Waals surface area contributed by atoms with Gasteiger partial charge in [-0.15, -0.1) is 0 Å². The maximum atomic E-state index is 9.65. The molecule has 0 saturated heterocycles. The van der Waals surface area contributed by atoms with Crippen molar-refractivity contribution in [2.24, 2.45) is 0 Å². The molecule has 0 bridgehead atoms. The summed E-state index contributed by atoms with van der Waals surface area (Å²) in [6, 6.07) is 5.83. The van der Waals surface area contributed by atoms with Gasteiger partial charge in [-0.2, -0.15) is 0 Å². The normalized spacial score (nSPS) is 9.57. The summed E-state index contributed by atoms with van der Waals surface area (Å²) in [6.07, 6.45) is 4.29. The molecule has 0 atom stereocenters. The number of hydrogen-bond acceptors (Lipinski definition) is 1. The number of benzene rings is 1. The van der Waals surface area contributed by atoms with Gasteiger partial charge in [-0.25, -0.2) is 0 Å². The summed E-state index contributed by atoms with van der Waals surface area (Å²) in [5.41, 5.74) is 2.45. The van der Waals surface area contributed by atoms with Crippen LogP contribution < -0.4 is 0 Å². The standard InChI is InChI=1S/C12H18O.Zn/c1-3-6-10-8-5-9-12(13)11(10)7-4-2;/h5,8-9,13H,3-4,6-7H2,1-2H3;. The molecule has 1 nitrogen and oxygen atoms in total. The monoisotopic (exact) mass is 242 g/mol. The van der Waals surface area contributed by atoms with Crippen molar-refractivity contribution < 1.29 is 24.6 Å². The molecule has 1 aromatic rings. The maximum absolute atomic E-state index is 9.65. The fourth-order valence-corrected chi connectivity index (χ4v) is 1.66. The van der Waals surface area contributed by atoms with Gasteiger partial charge in [-0.3, -0.25) is 0 Å². The third kappa shape index (κ3) is 3.42. The number of rotatable bonds is 4. The first-order chi connectivity index (χ1) is 6.29. The minimum Gasteiger partial charge on any atom is -0.508 e. The van der Waals surface area contributed by atoms with Crippen molar-refractivity contribution in [2.45, 2.75) is 39.5 Å². The van der Waals surface area contributed by atoms with E-state index < -0.39 is 0 Å². The van der Waals surface area contributed by atoms with Gasteiger partial charge in [0.2, 0.25) is 0 Å². The van der Waals surface area contributed by atoms with E-state index >= 15 is 0 Å². The third-order valence-electron chi connectivity index (χ3n) is 2.27. The molecule has 0 amide bonds. The first-order valence-electron chi connectivity index (χ1n) is 5.09. The average Bonchev–Trinajstić information content (AvgIpc) is 2.11. The molecule has 1 rings (SSSR count). The van der Waals surface area contributed by atoms with Gasteiger partial charge in [-0.05, 0) is 30.0 Å². The molecule has 0 heterocycles. The molecule has 0 aliphatic carbocycles. The molecule has 14 heavy (non-hydrogen) atoms. The summed E-state index contributed by atoms with van der Waals surface area (Å²) in [7, 11) is 0. The Balaban J connectivity index is 0.00000169. The summed E-state index contributed by atoms with van der Waals surface area (Å²) in [5, 5.41) is 9.65. The minimum absolute atomic E-state index is 0. The second-order valence-electron chi connectivity index (χ2n) is 3.41. The molecular formula is C12H18OZn. The summed E-state index contributed by atoms with van der Waals surface area (Å²) in [5.74, 6) is 0.466. The van der Waals surface area contributed by atoms with Gasteiger partial charge in [-0.1, -0.05) is 38.8 Å². The Bertz CT molecular complexity index is 271. The minimum atomic E-state index is 0. The van der Waals surface area contributed by atoms with Gasteiger partial charge < -0.3 is 5.11 Å². The molecule has 0 radical (unpaired) electrons. The Labute approximate surface area is 99.3 Å². The Hall–Kier alpha value is -0.357. The van der Waals surface area contributed by atoms with Crippen molar-refractivity contribution in [3.8, 4) is 5.75 Å². The van der Waals surface area contributed by atoms with Gasteiger partial charge in [0.15, 0.2) is 0 Å². The molecule has 74 valence electrons. The zero-order valence-electron chi connectivity index (χ0n) is 9.21. The van der Waals surface area contributed by atoms with E-state index in [1.54, 1.807) is 6.07 Å². The summed E-state index contributed by atoms with van der Waals surface area (Å²) >= 11 is 0. The van der Waals surface area contributed by atoms with Crippen LogP contribution in [0.25, 0.3) is 0 Å². The zero-order valence-corrected chi connectivity index (χ0v) is 12.2. The largest absolute Gasteiger partial charge is 0.508 e. The molecule has 1 aromatic carbocycles. The van der Waals surface area contributed by atoms with E-state index in [9.17, 15) is 5.11 Å². The van der Waals surface area contributed by atoms with E-state index in [4.69, 9.17) is 0 Å². The van der Waals surface area contributed by atoms with Crippen LogP contribution in [-0.4, -0.2) is 5.11 Å². The third-order valence-corrected chi connectivity index (χ3v) is 2.27. The van der Waals surface area contributed by atoms with Crippen molar-refractivity contribution in [2.75, 3.05) is 0 Å². The van der Waals surface area contributed by atoms with Gasteiger partial charge in [0.25, 0.3) is 0 Å². The van der Waals surface area contributed by atoms with Crippen LogP contribution in [0.4, 0.5) is 0 Å². The molecule has 0 fully saturated rings. The zero-order chi connectivity index (χ0) is 9.68. The molecule has 0 spiro atoms. The molecule has 0 aliphatic heterocycles. The molecule has 1 N–H and O–H groups in total. The van der Waals surface area contributed by atoms with Gasteiger partial charge in [0.1, 0.15) is 5.75 Å². The molecular weight excluding hydrogens is 226 g/mol. The predicted molar refractivity (Wildman–Crippen MR) is 56.1 cm³/mol. The van der Waals surface area contributed by atoms with Crippen LogP contribution in [0.3, 0.4) is 0 Å². The van der Waals surface area contributed by atoms with Crippen molar-refractivity contribution in [1.29, 1.82) is 0 Å². The predicted octanol–water partition coefficient (Wildman–Crippen LogP) is 3.29. The van der Waals surface area contributed by atoms with Crippen LogP contribution >= 0.6 is 0 Å². The topological polar surface area (TPSA) is 20.2 Å². The van der Waals surface area contributed by atoms with E-state index in [-0.39, 0.29) is 19.5 Å². The van der Waals surface area contributed by atoms with Gasteiger partial charge >= 0.3 is 0 Å². The van der Waals surface area contributed by atoms with Crippen molar-refractivity contribution in [3.63, 3.8) is 0 Å². The SMILES string of the molecule is CCCc1cccc(O)c1CCC.[Zn]. The quantitative estimate of drug-likeness (QED) is 0.805. The van der Waals surface area contributed by atoms with Gasteiger partial charge in [0, 0.05) is 19.5 Å². The molecule has 0 saturated carbocycles. The molecule has 0 aliphatic rings. The molecule has 2 heteroatoms. The summed E-state index contributed by atoms with van der Waals surface area (Å²) in [4.78, 5) is 0. The average molecular weight is 244 g/mol. The van der Waals surface area contributed by atoms with Crippen molar-refractivity contribution in [1.82, 2.24) is 0 Å². The number of aromatic hydroxyl groups is 1. The number of hydrogen-bond donors (Lipinski definition) is 1. The molecule has 0 unspecified atom stereocenters. The fourth-order valence-electron chi connectivity index (χ4n) is 1.66. The second kappa shape index (κ2) is 7.00. The Morgan fingerprint density at radius 1 is 1.07 bits per heavy atom. The fraction of sp³-hybridized carbons (Fsp3) is 0.500. The number of aryl methyl sites for hydroxylation is 1. The Kier molecular flexibility index (Phi) is 6.83. The van der Waals surface area contributed by atoms with E-state index in [0.717, 1.165) is 31.2 Å². The van der Waals surface area contributed by atoms with Crippen LogP contribution in [0.2, 0.25) is 0 Å². The van der Waals surface area contributed by atoms with E-state index in [2.05, 4.69) is 19.9 Å². The van der Waals surface area contributed by atoms with E-state index in [1.165, 1.54) is 5.56 Å². The van der Waals surface area contributed by atoms with Crippen LogP contribution in [0, 0.1) is 0 Å². The Morgan fingerprint density at radius 3 is 2.29 bits per heavy atom. The Morgan fingerprint density at radius 2 is 1.71 bits per heavy atom. The number of phenolic OH excluding ortho intramolecular Hbond substituents is 1. The number of phenols is 1. The van der Waals surface area contributed by atoms with Crippen molar-refractivity contribution >= 4 is 0 Å². The van der Waals surface area contributed by atoms with Crippen LogP contribution in [0.5, 0.6) is 5.75 Å². The van der Waals surface area contributed by atoms with Crippen LogP contribution in [0.1, 0.15) is 37.8 Å². The first-order valence-corrected chi connectivity index (χ1v) is 5.09. The van der Waals surface area contributed by atoms with E-state index in [0.29, 0.717) is 5.75 Å².